The van der Waals surface area contributed by atoms with E-state index in [9.17, 15) is 4.79 Å². The lowest BCUT2D eigenvalue weighted by molar-refractivity contribution is 0.0204. The molecule has 1 aliphatic rings. The van der Waals surface area contributed by atoms with E-state index in [-0.39, 0.29) is 12.1 Å². The number of aryl methyl sites for hydroxylation is 1. The molecule has 2 aromatic heterocycles. The molecule has 0 spiro atoms. The van der Waals surface area contributed by atoms with Crippen LogP contribution >= 0.6 is 0 Å². The Hall–Kier alpha value is -2.51. The zero-order valence-corrected chi connectivity index (χ0v) is 15.0. The summed E-state index contributed by atoms with van der Waals surface area (Å²) < 4.78 is 16.5. The fourth-order valence-corrected chi connectivity index (χ4v) is 2.74. The first-order valence-corrected chi connectivity index (χ1v) is 8.43. The van der Waals surface area contributed by atoms with Crippen molar-refractivity contribution in [3.63, 3.8) is 0 Å². The van der Waals surface area contributed by atoms with Crippen LogP contribution in [-0.4, -0.2) is 33.3 Å². The Morgan fingerprint density at radius 1 is 1.44 bits per heavy atom. The number of aromatic nitrogens is 2. The van der Waals surface area contributed by atoms with Gasteiger partial charge in [-0.05, 0) is 52.2 Å². The molecule has 0 aliphatic carbocycles. The van der Waals surface area contributed by atoms with Crippen molar-refractivity contribution in [1.29, 1.82) is 0 Å². The second-order valence-electron chi connectivity index (χ2n) is 7.16. The van der Waals surface area contributed by atoms with Crippen molar-refractivity contribution in [1.82, 2.24) is 15.1 Å². The maximum absolute atomic E-state index is 12.4. The van der Waals surface area contributed by atoms with E-state index < -0.39 is 5.60 Å². The molecule has 0 aromatic carbocycles. The van der Waals surface area contributed by atoms with Crippen LogP contribution in [0.25, 0.3) is 0 Å². The molecule has 8 nitrogen and oxygen atoms in total. The molecule has 0 radical (unpaired) electrons. The summed E-state index contributed by atoms with van der Waals surface area (Å²) in [5.41, 5.74) is 0.520. The highest BCUT2D eigenvalue weighted by Gasteiger charge is 2.36. The molecule has 1 aliphatic heterocycles. The van der Waals surface area contributed by atoms with Gasteiger partial charge < -0.3 is 18.9 Å². The summed E-state index contributed by atoms with van der Waals surface area (Å²) >= 11 is 0. The number of hydrogen-bond acceptors (Lipinski definition) is 7. The fourth-order valence-electron chi connectivity index (χ4n) is 2.74. The Labute approximate surface area is 146 Å². The lowest BCUT2D eigenvalue weighted by atomic mass is 10.2. The van der Waals surface area contributed by atoms with Gasteiger partial charge in [-0.25, -0.2) is 4.79 Å². The molecule has 1 atom stereocenters. The predicted molar refractivity (Wildman–Crippen MR) is 90.0 cm³/mol. The maximum atomic E-state index is 12.4. The monoisotopic (exact) mass is 348 g/mol. The van der Waals surface area contributed by atoms with Crippen LogP contribution in [0.15, 0.2) is 21.2 Å². The molecule has 2 aromatic rings. The minimum Gasteiger partial charge on any atom is -0.467 e. The van der Waals surface area contributed by atoms with Crippen molar-refractivity contribution in [2.24, 2.45) is 0 Å². The normalized spacial score (nSPS) is 17.8. The van der Waals surface area contributed by atoms with Crippen molar-refractivity contribution in [3.05, 3.63) is 29.5 Å². The minimum absolute atomic E-state index is 0.247. The molecule has 1 amide bonds. The minimum atomic E-state index is -0.535. The standard InChI is InChI=1S/C17H24N4O4/c1-11-7-9-23-13(11)10-18-15-20-19-14(24-15)12-6-5-8-21(12)16(22)25-17(2,3)4/h7,9,12H,5-6,8,10H2,1-4H3,(H,18,20). The number of nitrogens with zero attached hydrogens (tertiary/aromatic N) is 3. The van der Waals surface area contributed by atoms with Crippen LogP contribution in [0, 0.1) is 6.92 Å². The summed E-state index contributed by atoms with van der Waals surface area (Å²) in [7, 11) is 0. The smallest absolute Gasteiger partial charge is 0.410 e. The van der Waals surface area contributed by atoms with Gasteiger partial charge in [0, 0.05) is 6.54 Å². The van der Waals surface area contributed by atoms with Crippen molar-refractivity contribution in [3.8, 4) is 0 Å². The summed E-state index contributed by atoms with van der Waals surface area (Å²) in [6.07, 6.45) is 2.94. The summed E-state index contributed by atoms with van der Waals surface area (Å²) in [5.74, 6) is 1.23. The van der Waals surface area contributed by atoms with Crippen LogP contribution in [0.4, 0.5) is 10.8 Å². The van der Waals surface area contributed by atoms with Crippen molar-refractivity contribution in [2.45, 2.75) is 58.7 Å². The zero-order valence-electron chi connectivity index (χ0n) is 15.0. The van der Waals surface area contributed by atoms with E-state index in [1.54, 1.807) is 11.2 Å². The Morgan fingerprint density at radius 3 is 2.92 bits per heavy atom. The molecule has 3 heterocycles. The number of carbonyl (C=O) groups excluding carboxylic acids is 1. The Bertz CT molecular complexity index is 731. The van der Waals surface area contributed by atoms with Crippen LogP contribution in [0.3, 0.4) is 0 Å². The van der Waals surface area contributed by atoms with Crippen molar-refractivity contribution in [2.75, 3.05) is 11.9 Å². The molecular weight excluding hydrogens is 324 g/mol. The molecule has 1 fully saturated rings. The van der Waals surface area contributed by atoms with Crippen LogP contribution in [-0.2, 0) is 11.3 Å². The predicted octanol–water partition coefficient (Wildman–Crippen LogP) is 3.66. The number of rotatable bonds is 4. The summed E-state index contributed by atoms with van der Waals surface area (Å²) in [6.45, 7) is 8.60. The SMILES string of the molecule is Cc1ccoc1CNc1nnc(C2CCCN2C(=O)OC(C)(C)C)o1. The van der Waals surface area contributed by atoms with Gasteiger partial charge in [0.2, 0.25) is 5.89 Å². The fraction of sp³-hybridized carbons (Fsp3) is 0.588. The number of amides is 1. The zero-order chi connectivity index (χ0) is 18.0. The molecule has 1 unspecified atom stereocenters. The van der Waals surface area contributed by atoms with E-state index in [1.165, 1.54) is 0 Å². The van der Waals surface area contributed by atoms with Crippen LogP contribution in [0.2, 0.25) is 0 Å². The third-order valence-corrected chi connectivity index (χ3v) is 3.97. The third kappa shape index (κ3) is 4.12. The molecule has 8 heteroatoms. The highest BCUT2D eigenvalue weighted by Crippen LogP contribution is 2.33. The van der Waals surface area contributed by atoms with Gasteiger partial charge in [0.1, 0.15) is 17.4 Å². The topological polar surface area (TPSA) is 93.6 Å². The quantitative estimate of drug-likeness (QED) is 0.901. The highest BCUT2D eigenvalue weighted by molar-refractivity contribution is 5.69. The average molecular weight is 348 g/mol. The molecule has 3 rings (SSSR count). The first-order chi connectivity index (χ1) is 11.8. The van der Waals surface area contributed by atoms with Gasteiger partial charge in [-0.1, -0.05) is 5.10 Å². The van der Waals surface area contributed by atoms with E-state index >= 15 is 0 Å². The van der Waals surface area contributed by atoms with E-state index in [0.29, 0.717) is 25.0 Å². The van der Waals surface area contributed by atoms with Gasteiger partial charge in [0.05, 0.1) is 12.8 Å². The first kappa shape index (κ1) is 17.3. The van der Waals surface area contributed by atoms with Gasteiger partial charge in [-0.3, -0.25) is 4.90 Å². The molecule has 1 N–H and O–H groups in total. The van der Waals surface area contributed by atoms with Crippen LogP contribution in [0.1, 0.15) is 56.9 Å². The highest BCUT2D eigenvalue weighted by atomic mass is 16.6. The van der Waals surface area contributed by atoms with Gasteiger partial charge in [0.25, 0.3) is 0 Å². The summed E-state index contributed by atoms with van der Waals surface area (Å²) in [4.78, 5) is 14.0. The van der Waals surface area contributed by atoms with Crippen molar-refractivity contribution >= 4 is 12.1 Å². The number of furan rings is 1. The van der Waals surface area contributed by atoms with Crippen LogP contribution in [0.5, 0.6) is 0 Å². The van der Waals surface area contributed by atoms with E-state index in [2.05, 4.69) is 15.5 Å². The van der Waals surface area contributed by atoms with Crippen LogP contribution < -0.4 is 5.32 Å². The van der Waals surface area contributed by atoms with Gasteiger partial charge >= 0.3 is 12.1 Å². The van der Waals surface area contributed by atoms with Gasteiger partial charge in [-0.15, -0.1) is 5.10 Å². The number of nitrogens with one attached hydrogen (secondary N) is 1. The summed E-state index contributed by atoms with van der Waals surface area (Å²) in [5, 5.41) is 11.1. The van der Waals surface area contributed by atoms with E-state index in [1.807, 2.05) is 33.8 Å². The summed E-state index contributed by atoms with van der Waals surface area (Å²) in [6, 6.07) is 1.96. The van der Waals surface area contributed by atoms with Gasteiger partial charge in [-0.2, -0.15) is 0 Å². The number of carbonyl (C=O) groups is 1. The number of ether oxygens (including phenoxy) is 1. The van der Waals surface area contributed by atoms with E-state index in [4.69, 9.17) is 13.6 Å². The molecule has 0 saturated carbocycles. The van der Waals surface area contributed by atoms with E-state index in [0.717, 1.165) is 24.2 Å². The largest absolute Gasteiger partial charge is 0.467 e. The number of anilines is 1. The third-order valence-electron chi connectivity index (χ3n) is 3.97. The molecule has 0 bridgehead atoms. The average Bonchev–Trinajstić information content (AvgIpc) is 3.23. The number of likely N-dealkylation sites (tertiary alicyclic amines) is 1. The molecule has 25 heavy (non-hydrogen) atoms. The first-order valence-electron chi connectivity index (χ1n) is 8.43. The number of hydrogen-bond donors (Lipinski definition) is 1. The van der Waals surface area contributed by atoms with Gasteiger partial charge in [0.15, 0.2) is 0 Å². The molecular formula is C17H24N4O4. The Morgan fingerprint density at radius 2 is 2.24 bits per heavy atom. The maximum Gasteiger partial charge on any atom is 0.410 e. The lowest BCUT2D eigenvalue weighted by Crippen LogP contribution is -2.36. The molecule has 1 saturated heterocycles. The Kier molecular flexibility index (Phi) is 4.69. The lowest BCUT2D eigenvalue weighted by Gasteiger charge is -2.27. The second-order valence-corrected chi connectivity index (χ2v) is 7.16. The molecule has 136 valence electrons. The second kappa shape index (κ2) is 6.78. The Balaban J connectivity index is 1.64. The van der Waals surface area contributed by atoms with Crippen molar-refractivity contribution < 1.29 is 18.4 Å².